The van der Waals surface area contributed by atoms with Crippen molar-refractivity contribution in [1.29, 1.82) is 0 Å². The van der Waals surface area contributed by atoms with Crippen molar-refractivity contribution in [2.75, 3.05) is 13.1 Å². The van der Waals surface area contributed by atoms with Gasteiger partial charge in [0.2, 0.25) is 0 Å². The number of aromatic hydroxyl groups is 1. The number of nitrogens with zero attached hydrogens (tertiary/aromatic N) is 3. The van der Waals surface area contributed by atoms with Crippen LogP contribution < -0.4 is 0 Å². The Balaban J connectivity index is 1.50. The normalized spacial score (nSPS) is 15.0. The number of rotatable bonds is 3. The molecule has 0 unspecified atom stereocenters. The van der Waals surface area contributed by atoms with Gasteiger partial charge in [0.05, 0.1) is 16.9 Å². The number of aryl methyl sites for hydroxylation is 1. The van der Waals surface area contributed by atoms with Crippen LogP contribution in [0.1, 0.15) is 40.4 Å². The van der Waals surface area contributed by atoms with Crippen LogP contribution in [0.2, 0.25) is 5.15 Å². The minimum absolute atomic E-state index is 0.0613. The minimum atomic E-state index is -0.0613. The summed E-state index contributed by atoms with van der Waals surface area (Å²) in [6.07, 6.45) is 1.78. The molecule has 1 aliphatic heterocycles. The SMILES string of the molecule is Cc1nn(-c2ccccc2)c(Cl)c1C(=O)N1CCC(c2ccc(O)cc2)CC1. The van der Waals surface area contributed by atoms with Crippen LogP contribution in [0, 0.1) is 6.92 Å². The molecule has 0 atom stereocenters. The highest BCUT2D eigenvalue weighted by Crippen LogP contribution is 2.31. The van der Waals surface area contributed by atoms with E-state index in [9.17, 15) is 9.90 Å². The van der Waals surface area contributed by atoms with Crippen molar-refractivity contribution in [2.24, 2.45) is 0 Å². The maximum atomic E-state index is 13.1. The first-order valence-corrected chi connectivity index (χ1v) is 9.81. The fourth-order valence-electron chi connectivity index (χ4n) is 3.80. The Bertz CT molecular complexity index is 975. The molecule has 1 N–H and O–H groups in total. The second kappa shape index (κ2) is 7.68. The highest BCUT2D eigenvalue weighted by Gasteiger charge is 2.29. The molecule has 1 fully saturated rings. The van der Waals surface area contributed by atoms with Crippen LogP contribution in [0.25, 0.3) is 5.69 Å². The lowest BCUT2D eigenvalue weighted by Gasteiger charge is -2.32. The van der Waals surface area contributed by atoms with E-state index in [4.69, 9.17) is 11.6 Å². The third kappa shape index (κ3) is 3.50. The standard InChI is InChI=1S/C22H22ClN3O2/c1-15-20(21(23)26(24-15)18-5-3-2-4-6-18)22(28)25-13-11-17(12-14-25)16-7-9-19(27)10-8-16/h2-10,17,27H,11-14H2,1H3. The highest BCUT2D eigenvalue weighted by atomic mass is 35.5. The smallest absolute Gasteiger partial charge is 0.258 e. The Kier molecular flexibility index (Phi) is 5.09. The molecule has 1 aliphatic rings. The molecule has 4 rings (SSSR count). The second-order valence-electron chi connectivity index (χ2n) is 7.16. The third-order valence-corrected chi connectivity index (χ3v) is 5.71. The van der Waals surface area contributed by atoms with Crippen LogP contribution in [0.15, 0.2) is 54.6 Å². The van der Waals surface area contributed by atoms with Gasteiger partial charge in [-0.25, -0.2) is 4.68 Å². The molecule has 28 heavy (non-hydrogen) atoms. The molecule has 0 spiro atoms. The van der Waals surface area contributed by atoms with Gasteiger partial charge in [0, 0.05) is 13.1 Å². The van der Waals surface area contributed by atoms with Gasteiger partial charge < -0.3 is 10.0 Å². The van der Waals surface area contributed by atoms with Crippen molar-refractivity contribution >= 4 is 17.5 Å². The van der Waals surface area contributed by atoms with E-state index in [1.54, 1.807) is 16.8 Å². The number of amides is 1. The van der Waals surface area contributed by atoms with E-state index >= 15 is 0 Å². The van der Waals surface area contributed by atoms with Crippen LogP contribution in [-0.4, -0.2) is 38.8 Å². The zero-order valence-corrected chi connectivity index (χ0v) is 16.4. The lowest BCUT2D eigenvalue weighted by molar-refractivity contribution is 0.0712. The van der Waals surface area contributed by atoms with Crippen molar-refractivity contribution in [1.82, 2.24) is 14.7 Å². The fraction of sp³-hybridized carbons (Fsp3) is 0.273. The maximum Gasteiger partial charge on any atom is 0.258 e. The molecule has 2 aromatic carbocycles. The highest BCUT2D eigenvalue weighted by molar-refractivity contribution is 6.33. The van der Waals surface area contributed by atoms with E-state index in [2.05, 4.69) is 5.10 Å². The van der Waals surface area contributed by atoms with Gasteiger partial charge >= 0.3 is 0 Å². The average Bonchev–Trinajstić information content (AvgIpc) is 3.03. The first kappa shape index (κ1) is 18.6. The summed E-state index contributed by atoms with van der Waals surface area (Å²) in [5.74, 6) is 0.610. The number of hydrogen-bond acceptors (Lipinski definition) is 3. The van der Waals surface area contributed by atoms with Gasteiger partial charge in [0.1, 0.15) is 10.9 Å². The Labute approximate surface area is 169 Å². The largest absolute Gasteiger partial charge is 0.508 e. The number of benzene rings is 2. The fourth-order valence-corrected chi connectivity index (χ4v) is 4.16. The quantitative estimate of drug-likeness (QED) is 0.707. The number of piperidine rings is 1. The Hall–Kier alpha value is -2.79. The molecule has 6 heteroatoms. The molecule has 0 saturated carbocycles. The molecule has 144 valence electrons. The predicted octanol–water partition coefficient (Wildman–Crippen LogP) is 4.56. The second-order valence-corrected chi connectivity index (χ2v) is 7.51. The van der Waals surface area contributed by atoms with E-state index < -0.39 is 0 Å². The number of phenols is 1. The van der Waals surface area contributed by atoms with Crippen molar-refractivity contribution < 1.29 is 9.90 Å². The third-order valence-electron chi connectivity index (χ3n) is 5.37. The number of aromatic nitrogens is 2. The van der Waals surface area contributed by atoms with Gasteiger partial charge in [-0.3, -0.25) is 4.79 Å². The number of likely N-dealkylation sites (tertiary alicyclic amines) is 1. The van der Waals surface area contributed by atoms with Gasteiger partial charge in [-0.05, 0) is 55.5 Å². The van der Waals surface area contributed by atoms with Crippen molar-refractivity contribution in [3.05, 3.63) is 76.6 Å². The van der Waals surface area contributed by atoms with Gasteiger partial charge in [0.25, 0.3) is 5.91 Å². The zero-order chi connectivity index (χ0) is 19.7. The predicted molar refractivity (Wildman–Crippen MR) is 109 cm³/mol. The summed E-state index contributed by atoms with van der Waals surface area (Å²) in [6.45, 7) is 3.18. The molecular formula is C22H22ClN3O2. The zero-order valence-electron chi connectivity index (χ0n) is 15.7. The van der Waals surface area contributed by atoms with Gasteiger partial charge in [-0.1, -0.05) is 41.9 Å². The molecule has 0 radical (unpaired) electrons. The van der Waals surface area contributed by atoms with Gasteiger partial charge in [-0.2, -0.15) is 5.10 Å². The summed E-state index contributed by atoms with van der Waals surface area (Å²) < 4.78 is 1.62. The minimum Gasteiger partial charge on any atom is -0.508 e. The Morgan fingerprint density at radius 2 is 1.71 bits per heavy atom. The lowest BCUT2D eigenvalue weighted by atomic mass is 9.89. The van der Waals surface area contributed by atoms with Crippen LogP contribution in [0.3, 0.4) is 0 Å². The maximum absolute atomic E-state index is 13.1. The van der Waals surface area contributed by atoms with Crippen molar-refractivity contribution in [3.8, 4) is 11.4 Å². The average molecular weight is 396 g/mol. The molecule has 1 amide bonds. The molecule has 5 nitrogen and oxygen atoms in total. The van der Waals surface area contributed by atoms with Crippen LogP contribution in [0.4, 0.5) is 0 Å². The molecule has 3 aromatic rings. The van der Waals surface area contributed by atoms with Crippen LogP contribution in [-0.2, 0) is 0 Å². The van der Waals surface area contributed by atoms with Crippen molar-refractivity contribution in [3.63, 3.8) is 0 Å². The monoisotopic (exact) mass is 395 g/mol. The number of phenolic OH excluding ortho intramolecular Hbond substituents is 1. The summed E-state index contributed by atoms with van der Waals surface area (Å²) >= 11 is 6.55. The number of carbonyl (C=O) groups excluding carboxylic acids is 1. The number of carbonyl (C=O) groups is 1. The van der Waals surface area contributed by atoms with E-state index in [1.807, 2.05) is 54.3 Å². The summed E-state index contributed by atoms with van der Waals surface area (Å²) in [5, 5.41) is 14.3. The molecule has 0 aliphatic carbocycles. The summed E-state index contributed by atoms with van der Waals surface area (Å²) in [6, 6.07) is 16.9. The molecule has 1 saturated heterocycles. The molecular weight excluding hydrogens is 374 g/mol. The summed E-state index contributed by atoms with van der Waals surface area (Å²) in [5.41, 5.74) is 3.16. The molecule has 2 heterocycles. The number of hydrogen-bond donors (Lipinski definition) is 1. The van der Waals surface area contributed by atoms with E-state index in [0.29, 0.717) is 35.4 Å². The van der Waals surface area contributed by atoms with Crippen LogP contribution >= 0.6 is 11.6 Å². The Morgan fingerprint density at radius 3 is 2.36 bits per heavy atom. The number of para-hydroxylation sites is 1. The summed E-state index contributed by atoms with van der Waals surface area (Å²) in [4.78, 5) is 15.0. The topological polar surface area (TPSA) is 58.4 Å². The summed E-state index contributed by atoms with van der Waals surface area (Å²) in [7, 11) is 0. The molecule has 1 aromatic heterocycles. The Morgan fingerprint density at radius 1 is 1.07 bits per heavy atom. The van der Waals surface area contributed by atoms with Gasteiger partial charge in [-0.15, -0.1) is 0 Å². The van der Waals surface area contributed by atoms with Crippen molar-refractivity contribution in [2.45, 2.75) is 25.7 Å². The number of halogens is 1. The van der Waals surface area contributed by atoms with E-state index in [1.165, 1.54) is 5.56 Å². The van der Waals surface area contributed by atoms with E-state index in [0.717, 1.165) is 18.5 Å². The lowest BCUT2D eigenvalue weighted by Crippen LogP contribution is -2.38. The van der Waals surface area contributed by atoms with Gasteiger partial charge in [0.15, 0.2) is 0 Å². The first-order chi connectivity index (χ1) is 13.5. The molecule has 0 bridgehead atoms. The van der Waals surface area contributed by atoms with Crippen LogP contribution in [0.5, 0.6) is 5.75 Å². The first-order valence-electron chi connectivity index (χ1n) is 9.43. The van der Waals surface area contributed by atoms with E-state index in [-0.39, 0.29) is 11.7 Å².